The van der Waals surface area contributed by atoms with Crippen LogP contribution in [0.2, 0.25) is 0 Å². The standard InChI is InChI=1S/C18H19F2N3O3S/c19-13-5-6-17-18(11-13)23(16-4-2-1-3-15(16)20)27(24,25)22(17)9-7-14-12-21-8-10-26-14/h1-6,11,14,21H,7-10,12H2/t14-/m0/s1. The topological polar surface area (TPSA) is 61.9 Å². The van der Waals surface area contributed by atoms with Crippen LogP contribution in [0.5, 0.6) is 0 Å². The van der Waals surface area contributed by atoms with Crippen LogP contribution in [0.1, 0.15) is 6.42 Å². The number of morpholine rings is 1. The average Bonchev–Trinajstić information content (AvgIpc) is 2.87. The molecular weight excluding hydrogens is 376 g/mol. The van der Waals surface area contributed by atoms with Crippen molar-refractivity contribution in [2.24, 2.45) is 0 Å². The minimum atomic E-state index is -4.10. The molecule has 1 saturated heterocycles. The molecule has 1 N–H and O–H groups in total. The van der Waals surface area contributed by atoms with E-state index in [0.717, 1.165) is 16.9 Å². The van der Waals surface area contributed by atoms with Gasteiger partial charge in [0.15, 0.2) is 0 Å². The Balaban J connectivity index is 1.72. The zero-order valence-electron chi connectivity index (χ0n) is 14.4. The summed E-state index contributed by atoms with van der Waals surface area (Å²) in [4.78, 5) is 0. The van der Waals surface area contributed by atoms with Crippen molar-refractivity contribution in [3.63, 3.8) is 0 Å². The smallest absolute Gasteiger partial charge is 0.331 e. The van der Waals surface area contributed by atoms with Gasteiger partial charge in [0, 0.05) is 25.7 Å². The van der Waals surface area contributed by atoms with Gasteiger partial charge in [-0.05, 0) is 30.7 Å². The van der Waals surface area contributed by atoms with E-state index in [1.807, 2.05) is 0 Å². The van der Waals surface area contributed by atoms with Gasteiger partial charge in [-0.1, -0.05) is 12.1 Å². The number of rotatable bonds is 4. The average molecular weight is 395 g/mol. The normalized spacial score (nSPS) is 21.3. The Morgan fingerprint density at radius 1 is 1.11 bits per heavy atom. The van der Waals surface area contributed by atoms with Crippen molar-refractivity contribution in [3.05, 3.63) is 54.1 Å². The summed E-state index contributed by atoms with van der Waals surface area (Å²) in [6.07, 6.45) is 0.356. The second-order valence-electron chi connectivity index (χ2n) is 6.41. The molecule has 0 radical (unpaired) electrons. The number of para-hydroxylation sites is 1. The summed E-state index contributed by atoms with van der Waals surface area (Å²) >= 11 is 0. The molecule has 2 heterocycles. The van der Waals surface area contributed by atoms with Gasteiger partial charge in [0.2, 0.25) is 0 Å². The molecule has 2 aromatic rings. The number of fused-ring (bicyclic) bond motifs is 1. The molecule has 1 atom stereocenters. The van der Waals surface area contributed by atoms with Crippen LogP contribution in [0.25, 0.3) is 0 Å². The summed E-state index contributed by atoms with van der Waals surface area (Å²) in [5.74, 6) is -1.29. The van der Waals surface area contributed by atoms with E-state index in [9.17, 15) is 17.2 Å². The summed E-state index contributed by atoms with van der Waals surface area (Å²) in [6.45, 7) is 2.13. The van der Waals surface area contributed by atoms with Crippen molar-refractivity contribution in [3.8, 4) is 0 Å². The molecule has 0 unspecified atom stereocenters. The van der Waals surface area contributed by atoms with Gasteiger partial charge in [-0.3, -0.25) is 4.31 Å². The van der Waals surface area contributed by atoms with Crippen LogP contribution in [-0.2, 0) is 14.9 Å². The van der Waals surface area contributed by atoms with Crippen LogP contribution in [0.4, 0.5) is 25.8 Å². The molecule has 4 rings (SSSR count). The van der Waals surface area contributed by atoms with Crippen molar-refractivity contribution in [2.45, 2.75) is 12.5 Å². The number of benzene rings is 2. The summed E-state index contributed by atoms with van der Waals surface area (Å²) < 4.78 is 62.2. The summed E-state index contributed by atoms with van der Waals surface area (Å²) in [6, 6.07) is 9.26. The van der Waals surface area contributed by atoms with Gasteiger partial charge in [0.25, 0.3) is 0 Å². The van der Waals surface area contributed by atoms with Gasteiger partial charge in [-0.15, -0.1) is 0 Å². The van der Waals surface area contributed by atoms with Crippen molar-refractivity contribution < 1.29 is 21.9 Å². The van der Waals surface area contributed by atoms with Gasteiger partial charge < -0.3 is 10.1 Å². The SMILES string of the molecule is O=S1(=O)N(CC[C@H]2CNCCO2)c2ccc(F)cc2N1c1ccccc1F. The highest BCUT2D eigenvalue weighted by Gasteiger charge is 2.42. The monoisotopic (exact) mass is 395 g/mol. The Morgan fingerprint density at radius 3 is 2.67 bits per heavy atom. The number of nitrogens with one attached hydrogen (secondary N) is 1. The maximum absolute atomic E-state index is 14.3. The highest BCUT2D eigenvalue weighted by atomic mass is 32.2. The lowest BCUT2D eigenvalue weighted by Gasteiger charge is -2.26. The predicted octanol–water partition coefficient (Wildman–Crippen LogP) is 2.55. The summed E-state index contributed by atoms with van der Waals surface area (Å²) in [7, 11) is -4.10. The fourth-order valence-electron chi connectivity index (χ4n) is 3.39. The Hall–Kier alpha value is -2.23. The lowest BCUT2D eigenvalue weighted by atomic mass is 10.2. The first-order valence-electron chi connectivity index (χ1n) is 8.68. The number of halogens is 2. The van der Waals surface area contributed by atoms with E-state index in [2.05, 4.69) is 5.32 Å². The molecule has 0 bridgehead atoms. The predicted molar refractivity (Wildman–Crippen MR) is 98.4 cm³/mol. The molecule has 1 fully saturated rings. The maximum Gasteiger partial charge on any atom is 0.331 e. The van der Waals surface area contributed by atoms with E-state index in [4.69, 9.17) is 4.74 Å². The van der Waals surface area contributed by atoms with Crippen LogP contribution in [0.15, 0.2) is 42.5 Å². The second-order valence-corrected chi connectivity index (χ2v) is 8.12. The molecular formula is C18H19F2N3O3S. The number of hydrogen-bond donors (Lipinski definition) is 1. The van der Waals surface area contributed by atoms with Crippen LogP contribution < -0.4 is 13.9 Å². The minimum absolute atomic E-state index is 0.0998. The first-order chi connectivity index (χ1) is 13.0. The van der Waals surface area contributed by atoms with E-state index < -0.39 is 21.8 Å². The molecule has 0 spiro atoms. The molecule has 0 amide bonds. The molecule has 27 heavy (non-hydrogen) atoms. The van der Waals surface area contributed by atoms with Crippen molar-refractivity contribution in [1.82, 2.24) is 5.32 Å². The first-order valence-corrected chi connectivity index (χ1v) is 10.1. The van der Waals surface area contributed by atoms with Crippen LogP contribution in [-0.4, -0.2) is 40.8 Å². The van der Waals surface area contributed by atoms with Gasteiger partial charge >= 0.3 is 10.2 Å². The van der Waals surface area contributed by atoms with E-state index >= 15 is 0 Å². The van der Waals surface area contributed by atoms with Crippen LogP contribution in [0.3, 0.4) is 0 Å². The molecule has 0 aromatic heterocycles. The van der Waals surface area contributed by atoms with Crippen molar-refractivity contribution in [1.29, 1.82) is 0 Å². The summed E-state index contributed by atoms with van der Waals surface area (Å²) in [5.41, 5.74) is 0.286. The Bertz CT molecular complexity index is 949. The lowest BCUT2D eigenvalue weighted by molar-refractivity contribution is 0.0254. The molecule has 2 aliphatic heterocycles. The van der Waals surface area contributed by atoms with Gasteiger partial charge in [0.1, 0.15) is 11.6 Å². The quantitative estimate of drug-likeness (QED) is 0.864. The van der Waals surface area contributed by atoms with Gasteiger partial charge in [-0.25, -0.2) is 13.1 Å². The molecule has 0 saturated carbocycles. The van der Waals surface area contributed by atoms with Gasteiger partial charge in [0.05, 0.1) is 29.8 Å². The highest BCUT2D eigenvalue weighted by Crippen LogP contribution is 2.46. The second kappa shape index (κ2) is 7.06. The van der Waals surface area contributed by atoms with Crippen LogP contribution >= 0.6 is 0 Å². The van der Waals surface area contributed by atoms with Crippen molar-refractivity contribution in [2.75, 3.05) is 34.9 Å². The largest absolute Gasteiger partial charge is 0.376 e. The number of ether oxygens (including phenoxy) is 1. The van der Waals surface area contributed by atoms with E-state index in [1.54, 1.807) is 0 Å². The Kier molecular flexibility index (Phi) is 4.75. The number of hydrogen-bond acceptors (Lipinski definition) is 4. The Morgan fingerprint density at radius 2 is 1.93 bits per heavy atom. The molecule has 2 aliphatic rings. The number of anilines is 3. The zero-order chi connectivity index (χ0) is 19.0. The fourth-order valence-corrected chi connectivity index (χ4v) is 5.12. The lowest BCUT2D eigenvalue weighted by Crippen LogP contribution is -2.42. The Labute approximate surface area is 156 Å². The minimum Gasteiger partial charge on any atom is -0.376 e. The number of nitrogens with zero attached hydrogens (tertiary/aromatic N) is 2. The highest BCUT2D eigenvalue weighted by molar-refractivity contribution is 7.95. The van der Waals surface area contributed by atoms with Gasteiger partial charge in [-0.2, -0.15) is 8.42 Å². The third-order valence-corrected chi connectivity index (χ3v) is 6.46. The fraction of sp³-hybridized carbons (Fsp3) is 0.333. The van der Waals surface area contributed by atoms with E-state index in [1.165, 1.54) is 40.7 Å². The van der Waals surface area contributed by atoms with Crippen LogP contribution in [0, 0.1) is 11.6 Å². The third kappa shape index (κ3) is 3.26. The summed E-state index contributed by atoms with van der Waals surface area (Å²) in [5, 5.41) is 3.20. The molecule has 2 aromatic carbocycles. The molecule has 6 nitrogen and oxygen atoms in total. The maximum atomic E-state index is 14.3. The van der Waals surface area contributed by atoms with E-state index in [0.29, 0.717) is 25.3 Å². The van der Waals surface area contributed by atoms with Crippen molar-refractivity contribution >= 4 is 27.3 Å². The molecule has 144 valence electrons. The first kappa shape index (κ1) is 18.1. The molecule has 9 heteroatoms. The van der Waals surface area contributed by atoms with E-state index in [-0.39, 0.29) is 24.0 Å². The molecule has 0 aliphatic carbocycles. The zero-order valence-corrected chi connectivity index (χ0v) is 15.3. The third-order valence-electron chi connectivity index (χ3n) is 4.66.